The van der Waals surface area contributed by atoms with Crippen LogP contribution in [0.4, 0.5) is 0 Å². The third-order valence-corrected chi connectivity index (χ3v) is 5.95. The minimum atomic E-state index is 0.159. The molecule has 1 aromatic rings. The van der Waals surface area contributed by atoms with Gasteiger partial charge in [0.25, 0.3) is 5.91 Å². The van der Waals surface area contributed by atoms with Crippen LogP contribution in [0, 0.1) is 5.92 Å². The van der Waals surface area contributed by atoms with E-state index in [1.54, 1.807) is 0 Å². The molecule has 2 nitrogen and oxygen atoms in total. The molecule has 1 heterocycles. The molecule has 0 N–H and O–H groups in total. The van der Waals surface area contributed by atoms with Crippen molar-refractivity contribution in [2.45, 2.75) is 22.1 Å². The molecule has 2 aliphatic rings. The summed E-state index contributed by atoms with van der Waals surface area (Å²) in [6.45, 7) is 0.885. The molecule has 3 rings (SSSR count). The number of benzene rings is 1. The Kier molecular flexibility index (Phi) is 3.03. The molecule has 0 radical (unpaired) electrons. The predicted octanol–water partition coefficient (Wildman–Crippen LogP) is 3.06. The molecule has 4 heteroatoms. The van der Waals surface area contributed by atoms with Crippen molar-refractivity contribution in [3.05, 3.63) is 35.9 Å². The van der Waals surface area contributed by atoms with Crippen molar-refractivity contribution in [2.75, 3.05) is 6.54 Å². The highest BCUT2D eigenvalue weighted by atomic mass is 79.9. The lowest BCUT2D eigenvalue weighted by molar-refractivity contribution is 0.0711. The summed E-state index contributed by atoms with van der Waals surface area (Å²) < 4.78 is 0. The standard InChI is InChI=1S/C13H13Br2NO/c14-10-6-9-7-16(12(10)11(9)15)13(17)8-4-2-1-3-5-8/h1-5,9-12H,6-7H2/t9-,10+,11+,12-/m1/s1. The first-order chi connectivity index (χ1) is 8.18. The van der Waals surface area contributed by atoms with Crippen LogP contribution in [0.15, 0.2) is 30.3 Å². The van der Waals surface area contributed by atoms with Gasteiger partial charge >= 0.3 is 0 Å². The fourth-order valence-electron chi connectivity index (χ4n) is 2.92. The Balaban J connectivity index is 1.85. The molecule has 17 heavy (non-hydrogen) atoms. The fraction of sp³-hybridized carbons (Fsp3) is 0.462. The zero-order valence-corrected chi connectivity index (χ0v) is 12.4. The largest absolute Gasteiger partial charge is 0.333 e. The van der Waals surface area contributed by atoms with E-state index in [1.807, 2.05) is 35.2 Å². The van der Waals surface area contributed by atoms with E-state index in [1.165, 1.54) is 6.42 Å². The minimum absolute atomic E-state index is 0.159. The molecule has 2 bridgehead atoms. The first-order valence-corrected chi connectivity index (χ1v) is 7.66. The molecule has 1 amide bonds. The Morgan fingerprint density at radius 1 is 1.24 bits per heavy atom. The van der Waals surface area contributed by atoms with E-state index in [0.717, 1.165) is 12.1 Å². The molecule has 1 aromatic carbocycles. The third kappa shape index (κ3) is 1.85. The molecule has 1 aliphatic heterocycles. The summed E-state index contributed by atoms with van der Waals surface area (Å²) in [5.41, 5.74) is 0.791. The van der Waals surface area contributed by atoms with Gasteiger partial charge in [-0.2, -0.15) is 0 Å². The van der Waals surface area contributed by atoms with Crippen molar-refractivity contribution in [1.82, 2.24) is 4.90 Å². The number of alkyl halides is 2. The van der Waals surface area contributed by atoms with Crippen molar-refractivity contribution < 1.29 is 4.79 Å². The second-order valence-corrected chi connectivity index (χ2v) is 7.00. The van der Waals surface area contributed by atoms with Gasteiger partial charge in [0.15, 0.2) is 0 Å². The number of carbonyl (C=O) groups excluding carboxylic acids is 1. The highest BCUT2D eigenvalue weighted by Gasteiger charge is 2.52. The molecule has 1 saturated heterocycles. The van der Waals surface area contributed by atoms with Gasteiger partial charge in [0.2, 0.25) is 0 Å². The highest BCUT2D eigenvalue weighted by Crippen LogP contribution is 2.45. The summed E-state index contributed by atoms with van der Waals surface area (Å²) in [5, 5.41) is 0. The van der Waals surface area contributed by atoms with Crippen LogP contribution in [0.5, 0.6) is 0 Å². The number of carbonyl (C=O) groups is 1. The molecule has 0 spiro atoms. The van der Waals surface area contributed by atoms with Crippen molar-refractivity contribution in [3.63, 3.8) is 0 Å². The number of hydrogen-bond donors (Lipinski definition) is 0. The van der Waals surface area contributed by atoms with Gasteiger partial charge in [0.05, 0.1) is 6.04 Å². The zero-order valence-electron chi connectivity index (χ0n) is 9.22. The maximum absolute atomic E-state index is 12.4. The Morgan fingerprint density at radius 3 is 2.53 bits per heavy atom. The van der Waals surface area contributed by atoms with Crippen molar-refractivity contribution in [1.29, 1.82) is 0 Å². The molecule has 2 fully saturated rings. The number of piperidine rings is 1. The number of rotatable bonds is 1. The summed E-state index contributed by atoms with van der Waals surface area (Å²) in [4.78, 5) is 15.3. The van der Waals surface area contributed by atoms with E-state index in [2.05, 4.69) is 31.9 Å². The first kappa shape index (κ1) is 11.7. The normalized spacial score (nSPS) is 35.3. The molecule has 1 aliphatic carbocycles. The van der Waals surface area contributed by atoms with E-state index in [4.69, 9.17) is 0 Å². The Bertz CT molecular complexity index is 436. The van der Waals surface area contributed by atoms with Gasteiger partial charge in [0, 0.05) is 21.8 Å². The second-order valence-electron chi connectivity index (χ2n) is 4.77. The van der Waals surface area contributed by atoms with Gasteiger partial charge in [-0.1, -0.05) is 50.1 Å². The SMILES string of the molecule is O=C(c1ccccc1)N1C[C@H]2C[C@H](Br)[C@@H]1[C@H]2Br. The van der Waals surface area contributed by atoms with E-state index in [-0.39, 0.29) is 5.91 Å². The Labute approximate surface area is 118 Å². The lowest BCUT2D eigenvalue weighted by Gasteiger charge is -2.30. The molecular weight excluding hydrogens is 346 g/mol. The average Bonchev–Trinajstić information content (AvgIpc) is 2.81. The third-order valence-electron chi connectivity index (χ3n) is 3.75. The molecule has 90 valence electrons. The smallest absolute Gasteiger partial charge is 0.254 e. The molecule has 1 saturated carbocycles. The van der Waals surface area contributed by atoms with Crippen molar-refractivity contribution >= 4 is 37.8 Å². The highest BCUT2D eigenvalue weighted by molar-refractivity contribution is 9.10. The van der Waals surface area contributed by atoms with Gasteiger partial charge in [-0.25, -0.2) is 0 Å². The minimum Gasteiger partial charge on any atom is -0.333 e. The van der Waals surface area contributed by atoms with Gasteiger partial charge in [0.1, 0.15) is 0 Å². The lowest BCUT2D eigenvalue weighted by atomic mass is 10.1. The van der Waals surface area contributed by atoms with Gasteiger partial charge in [-0.3, -0.25) is 4.79 Å². The summed E-state index contributed by atoms with van der Waals surface area (Å²) in [6, 6.07) is 9.85. The molecule has 0 unspecified atom stereocenters. The van der Waals surface area contributed by atoms with Gasteiger partial charge in [-0.15, -0.1) is 0 Å². The Hall–Kier alpha value is -0.350. The number of likely N-dealkylation sites (tertiary alicyclic amines) is 1. The Morgan fingerprint density at radius 2 is 1.94 bits per heavy atom. The molecule has 0 aromatic heterocycles. The summed E-state index contributed by atoms with van der Waals surface area (Å²) in [5.74, 6) is 0.753. The lowest BCUT2D eigenvalue weighted by Crippen LogP contribution is -2.43. The summed E-state index contributed by atoms with van der Waals surface area (Å²) in [7, 11) is 0. The van der Waals surface area contributed by atoms with Crippen LogP contribution in [0.2, 0.25) is 0 Å². The second kappa shape index (κ2) is 4.39. The molecular formula is C13H13Br2NO. The maximum atomic E-state index is 12.4. The van der Waals surface area contributed by atoms with Gasteiger partial charge < -0.3 is 4.90 Å². The summed E-state index contributed by atoms with van der Waals surface area (Å²) in [6.07, 6.45) is 1.17. The van der Waals surface area contributed by atoms with Crippen LogP contribution in [-0.2, 0) is 0 Å². The van der Waals surface area contributed by atoms with Crippen molar-refractivity contribution in [2.24, 2.45) is 5.92 Å². The zero-order chi connectivity index (χ0) is 12.0. The maximum Gasteiger partial charge on any atom is 0.254 e. The number of hydrogen-bond acceptors (Lipinski definition) is 1. The number of fused-ring (bicyclic) bond motifs is 2. The van der Waals surface area contributed by atoms with Crippen LogP contribution in [-0.4, -0.2) is 33.0 Å². The van der Waals surface area contributed by atoms with Crippen LogP contribution in [0.1, 0.15) is 16.8 Å². The fourth-order valence-corrected chi connectivity index (χ4v) is 5.46. The quantitative estimate of drug-likeness (QED) is 0.706. The van der Waals surface area contributed by atoms with Crippen LogP contribution < -0.4 is 0 Å². The summed E-state index contributed by atoms with van der Waals surface area (Å²) >= 11 is 7.42. The van der Waals surface area contributed by atoms with E-state index >= 15 is 0 Å². The van der Waals surface area contributed by atoms with Crippen LogP contribution in [0.3, 0.4) is 0 Å². The monoisotopic (exact) mass is 357 g/mol. The van der Waals surface area contributed by atoms with Gasteiger partial charge in [-0.05, 0) is 24.5 Å². The first-order valence-electron chi connectivity index (χ1n) is 5.82. The van der Waals surface area contributed by atoms with E-state index < -0.39 is 0 Å². The number of nitrogens with zero attached hydrogens (tertiary/aromatic N) is 1. The average molecular weight is 359 g/mol. The van der Waals surface area contributed by atoms with E-state index in [9.17, 15) is 4.79 Å². The van der Waals surface area contributed by atoms with E-state index in [0.29, 0.717) is 21.6 Å². The predicted molar refractivity (Wildman–Crippen MR) is 74.8 cm³/mol. The molecule has 4 atom stereocenters. The number of halogens is 2. The van der Waals surface area contributed by atoms with Crippen LogP contribution in [0.25, 0.3) is 0 Å². The van der Waals surface area contributed by atoms with Crippen LogP contribution >= 0.6 is 31.9 Å². The van der Waals surface area contributed by atoms with Crippen molar-refractivity contribution in [3.8, 4) is 0 Å². The number of amides is 1. The topological polar surface area (TPSA) is 20.3 Å².